The van der Waals surface area contributed by atoms with Crippen molar-refractivity contribution in [2.75, 3.05) is 16.6 Å². The third-order valence-electron chi connectivity index (χ3n) is 4.02. The molecule has 3 aromatic carbocycles. The lowest BCUT2D eigenvalue weighted by Crippen LogP contribution is -2.20. The SMILES string of the molecule is Cc1ccc(NS(=O)(=O)c2ccc(OCC(=O)Nc3cc(Cl)cc(Cl)c3)c(Cl)c2)cc1. The van der Waals surface area contributed by atoms with Gasteiger partial charge < -0.3 is 10.1 Å². The van der Waals surface area contributed by atoms with Crippen LogP contribution in [-0.2, 0) is 14.8 Å². The molecule has 1 amide bonds. The smallest absolute Gasteiger partial charge is 0.262 e. The van der Waals surface area contributed by atoms with Gasteiger partial charge in [0.25, 0.3) is 15.9 Å². The lowest BCUT2D eigenvalue weighted by molar-refractivity contribution is -0.118. The molecule has 0 aliphatic carbocycles. The Bertz CT molecular complexity index is 1200. The molecule has 3 rings (SSSR count). The summed E-state index contributed by atoms with van der Waals surface area (Å²) in [5.74, 6) is -0.303. The topological polar surface area (TPSA) is 84.5 Å². The van der Waals surface area contributed by atoms with Crippen LogP contribution in [0.15, 0.2) is 65.6 Å². The minimum atomic E-state index is -3.84. The zero-order valence-electron chi connectivity index (χ0n) is 16.2. The molecule has 0 atom stereocenters. The van der Waals surface area contributed by atoms with Crippen LogP contribution in [0.4, 0.5) is 11.4 Å². The van der Waals surface area contributed by atoms with Crippen molar-refractivity contribution in [3.05, 3.63) is 81.3 Å². The van der Waals surface area contributed by atoms with Crippen LogP contribution in [0.1, 0.15) is 5.56 Å². The summed E-state index contributed by atoms with van der Waals surface area (Å²) in [6.45, 7) is 1.55. The van der Waals surface area contributed by atoms with Crippen LogP contribution in [0.5, 0.6) is 5.75 Å². The van der Waals surface area contributed by atoms with Crippen molar-refractivity contribution in [1.29, 1.82) is 0 Å². The number of nitrogens with one attached hydrogen (secondary N) is 2. The summed E-state index contributed by atoms with van der Waals surface area (Å²) in [4.78, 5) is 12.1. The van der Waals surface area contributed by atoms with Crippen molar-refractivity contribution in [3.8, 4) is 5.75 Å². The fourth-order valence-corrected chi connectivity index (χ4v) is 4.48. The van der Waals surface area contributed by atoms with E-state index < -0.39 is 15.9 Å². The number of sulfonamides is 1. The second kappa shape index (κ2) is 9.78. The van der Waals surface area contributed by atoms with Crippen LogP contribution >= 0.6 is 34.8 Å². The molecule has 0 aliphatic heterocycles. The minimum Gasteiger partial charge on any atom is -0.482 e. The first-order valence-corrected chi connectivity index (χ1v) is 11.5. The number of rotatable bonds is 7. The summed E-state index contributed by atoms with van der Waals surface area (Å²) >= 11 is 18.0. The Balaban J connectivity index is 1.64. The molecule has 0 spiro atoms. The quantitative estimate of drug-likeness (QED) is 0.432. The van der Waals surface area contributed by atoms with E-state index in [4.69, 9.17) is 39.5 Å². The van der Waals surface area contributed by atoms with Crippen molar-refractivity contribution in [1.82, 2.24) is 0 Å². The highest BCUT2D eigenvalue weighted by Crippen LogP contribution is 2.28. The second-order valence-corrected chi connectivity index (χ2v) is 9.52. The second-order valence-electron chi connectivity index (χ2n) is 6.56. The van der Waals surface area contributed by atoms with Gasteiger partial charge in [-0.15, -0.1) is 0 Å². The number of hydrogen-bond acceptors (Lipinski definition) is 4. The van der Waals surface area contributed by atoms with Crippen LogP contribution in [-0.4, -0.2) is 20.9 Å². The largest absolute Gasteiger partial charge is 0.482 e. The molecule has 0 bridgehead atoms. The molecule has 0 heterocycles. The first-order chi connectivity index (χ1) is 14.6. The molecule has 0 aliphatic rings. The van der Waals surface area contributed by atoms with E-state index in [0.29, 0.717) is 21.4 Å². The molecule has 0 aromatic heterocycles. The Labute approximate surface area is 195 Å². The van der Waals surface area contributed by atoms with Gasteiger partial charge in [-0.3, -0.25) is 9.52 Å². The number of carbonyl (C=O) groups is 1. The first-order valence-electron chi connectivity index (χ1n) is 8.90. The minimum absolute atomic E-state index is 0.0385. The van der Waals surface area contributed by atoms with E-state index in [1.54, 1.807) is 42.5 Å². The molecular weight excluding hydrogens is 483 g/mol. The van der Waals surface area contributed by atoms with E-state index in [1.165, 1.54) is 18.2 Å². The summed E-state index contributed by atoms with van der Waals surface area (Å²) in [6.07, 6.45) is 0. The maximum Gasteiger partial charge on any atom is 0.262 e. The van der Waals surface area contributed by atoms with Gasteiger partial charge in [0.15, 0.2) is 6.61 Å². The van der Waals surface area contributed by atoms with Crippen LogP contribution in [0.25, 0.3) is 0 Å². The number of ether oxygens (including phenoxy) is 1. The highest BCUT2D eigenvalue weighted by molar-refractivity contribution is 7.92. The first kappa shape index (κ1) is 23.2. The van der Waals surface area contributed by atoms with E-state index >= 15 is 0 Å². The molecule has 0 fully saturated rings. The number of halogens is 3. The predicted octanol–water partition coefficient (Wildman–Crippen LogP) is 5.77. The Morgan fingerprint density at radius 2 is 1.55 bits per heavy atom. The fraction of sp³-hybridized carbons (Fsp3) is 0.0952. The molecule has 162 valence electrons. The van der Waals surface area contributed by atoms with Crippen molar-refractivity contribution in [3.63, 3.8) is 0 Å². The maximum absolute atomic E-state index is 12.6. The van der Waals surface area contributed by atoms with Crippen molar-refractivity contribution < 1.29 is 17.9 Å². The number of amides is 1. The van der Waals surface area contributed by atoms with Gasteiger partial charge in [-0.1, -0.05) is 52.5 Å². The summed E-state index contributed by atoms with van der Waals surface area (Å²) < 4.78 is 33.0. The predicted molar refractivity (Wildman–Crippen MR) is 124 cm³/mol. The Morgan fingerprint density at radius 1 is 0.903 bits per heavy atom. The molecule has 10 heteroatoms. The number of benzene rings is 3. The van der Waals surface area contributed by atoms with Crippen LogP contribution in [0.2, 0.25) is 15.1 Å². The maximum atomic E-state index is 12.6. The van der Waals surface area contributed by atoms with Crippen molar-refractivity contribution in [2.24, 2.45) is 0 Å². The van der Waals surface area contributed by atoms with Crippen LogP contribution < -0.4 is 14.8 Å². The standard InChI is InChI=1S/C21H17Cl3N2O4S/c1-13-2-4-16(5-3-13)26-31(28,29)18-6-7-20(19(24)11-18)30-12-21(27)25-17-9-14(22)8-15(23)10-17/h2-11,26H,12H2,1H3,(H,25,27). The summed E-state index contributed by atoms with van der Waals surface area (Å²) in [6, 6.07) is 15.5. The lowest BCUT2D eigenvalue weighted by Gasteiger charge is -2.12. The van der Waals surface area contributed by atoms with Gasteiger partial charge in [0, 0.05) is 21.4 Å². The molecule has 0 saturated heterocycles. The molecule has 0 unspecified atom stereocenters. The molecular formula is C21H17Cl3N2O4S. The van der Waals surface area contributed by atoms with Gasteiger partial charge >= 0.3 is 0 Å². The van der Waals surface area contributed by atoms with E-state index in [-0.39, 0.29) is 22.3 Å². The normalized spacial score (nSPS) is 11.1. The molecule has 6 nitrogen and oxygen atoms in total. The number of carbonyl (C=O) groups excluding carboxylic acids is 1. The Hall–Kier alpha value is -2.45. The zero-order chi connectivity index (χ0) is 22.6. The lowest BCUT2D eigenvalue weighted by atomic mass is 10.2. The van der Waals surface area contributed by atoms with Crippen LogP contribution in [0.3, 0.4) is 0 Å². The Morgan fingerprint density at radius 3 is 2.16 bits per heavy atom. The molecule has 2 N–H and O–H groups in total. The third-order valence-corrected chi connectivity index (χ3v) is 6.13. The molecule has 0 radical (unpaired) electrons. The summed E-state index contributed by atoms with van der Waals surface area (Å²) in [7, 11) is -3.84. The van der Waals surface area contributed by atoms with E-state index in [0.717, 1.165) is 5.56 Å². The zero-order valence-corrected chi connectivity index (χ0v) is 19.2. The Kier molecular flexibility index (Phi) is 7.33. The van der Waals surface area contributed by atoms with Gasteiger partial charge in [-0.2, -0.15) is 0 Å². The third kappa shape index (κ3) is 6.51. The number of anilines is 2. The van der Waals surface area contributed by atoms with Crippen molar-refractivity contribution >= 4 is 62.1 Å². The molecule has 3 aromatic rings. The van der Waals surface area contributed by atoms with E-state index in [1.807, 2.05) is 6.92 Å². The van der Waals surface area contributed by atoms with Gasteiger partial charge in [-0.25, -0.2) is 8.42 Å². The fourth-order valence-electron chi connectivity index (χ4n) is 2.57. The summed E-state index contributed by atoms with van der Waals surface area (Å²) in [5.41, 5.74) is 1.86. The van der Waals surface area contributed by atoms with Gasteiger partial charge in [0.2, 0.25) is 0 Å². The highest BCUT2D eigenvalue weighted by atomic mass is 35.5. The van der Waals surface area contributed by atoms with Gasteiger partial charge in [0.05, 0.1) is 9.92 Å². The van der Waals surface area contributed by atoms with Crippen LogP contribution in [0, 0.1) is 6.92 Å². The average molecular weight is 500 g/mol. The number of hydrogen-bond donors (Lipinski definition) is 2. The molecule has 0 saturated carbocycles. The average Bonchev–Trinajstić information content (AvgIpc) is 2.68. The molecule has 31 heavy (non-hydrogen) atoms. The monoisotopic (exact) mass is 498 g/mol. The van der Waals surface area contributed by atoms with E-state index in [9.17, 15) is 13.2 Å². The van der Waals surface area contributed by atoms with Crippen molar-refractivity contribution in [2.45, 2.75) is 11.8 Å². The number of aryl methyl sites for hydroxylation is 1. The van der Waals surface area contributed by atoms with Gasteiger partial charge in [0.1, 0.15) is 5.75 Å². The van der Waals surface area contributed by atoms with E-state index in [2.05, 4.69) is 10.0 Å². The highest BCUT2D eigenvalue weighted by Gasteiger charge is 2.17. The van der Waals surface area contributed by atoms with Gasteiger partial charge in [-0.05, 0) is 55.5 Å². The summed E-state index contributed by atoms with van der Waals surface area (Å²) in [5, 5.41) is 3.40.